The number of rotatable bonds is 28. The first-order valence-corrected chi connectivity index (χ1v) is 21.8. The average molecular weight is 964 g/mol. The van der Waals surface area contributed by atoms with Crippen molar-refractivity contribution in [3.8, 4) is 0 Å². The predicted molar refractivity (Wildman–Crippen MR) is 247 cm³/mol. The number of aliphatic hydroxyl groups is 2. The van der Waals surface area contributed by atoms with E-state index >= 15 is 0 Å². The fraction of sp³-hybridized carbons (Fsp3) is 0.452. The second kappa shape index (κ2) is 25.9. The highest BCUT2D eigenvalue weighted by molar-refractivity contribution is 5.98. The van der Waals surface area contributed by atoms with Crippen LogP contribution in [-0.4, -0.2) is 149 Å². The zero-order valence-corrected chi connectivity index (χ0v) is 37.9. The van der Waals surface area contributed by atoms with Crippen molar-refractivity contribution >= 4 is 64.1 Å². The number of nitrogens with one attached hydrogen (secondary N) is 9. The van der Waals surface area contributed by atoms with E-state index in [0.29, 0.717) is 27.9 Å². The maximum absolute atomic E-state index is 14.3. The third kappa shape index (κ3) is 16.7. The number of primary amides is 2. The largest absolute Gasteiger partial charge is 0.391 e. The SMILES string of the molecule is C[C@@H](O)[C@H](N)C(=O)N[C@@H](Cc1cnc[nH]1)C(=O)N[C@@H](Cc1cnc[nH]1)C(=O)N[C@@H](CCCN=C(N)N)C(=O)N[C@@H](CCC(N)=O)C(=O)N[C@@H](Cc1c[nH]c2ccccc12)C(=O)N[C@H](C(N)=O)[C@@H](C)O. The van der Waals surface area contributed by atoms with Gasteiger partial charge in [0.05, 0.1) is 24.9 Å². The molecule has 0 aliphatic heterocycles. The van der Waals surface area contributed by atoms with E-state index in [4.69, 9.17) is 28.7 Å². The number of hydrogen-bond acceptors (Lipinski definition) is 14. The lowest BCUT2D eigenvalue weighted by Gasteiger charge is -2.28. The number of aliphatic imine (C=N–C) groups is 1. The minimum absolute atomic E-state index is 0.00512. The van der Waals surface area contributed by atoms with Gasteiger partial charge in [-0.3, -0.25) is 43.3 Å². The Kier molecular flexibility index (Phi) is 20.1. The summed E-state index contributed by atoms with van der Waals surface area (Å²) in [6.07, 6.45) is 2.98. The standard InChI is InChI=1S/C42H61N17O10/c1-20(60)33(44)41(69)58-31(14-24-17-49-19-53-24)39(67)57-30(13-23-16-48-18-52-23)38(66)54-27(8-5-11-50-42(46)47)36(64)55-28(9-10-32(43)62)37(65)56-29(40(68)59-34(21(2)61)35(45)63)12-22-15-51-26-7-4-3-6-25(22)26/h3-4,6-7,15-21,27-31,33-34,51,60-61H,5,8-14,44H2,1-2H3,(H2,43,62)(H2,45,63)(H,48,52)(H,49,53)(H,54,66)(H,55,64)(H,56,65)(H,57,67)(H,58,69)(H,59,68)(H4,46,47,50)/t20-,21-,27+,28+,29+,30+,31+,33+,34+/m1/s1. The summed E-state index contributed by atoms with van der Waals surface area (Å²) in [5, 5.41) is 36.0. The number of guanidine groups is 1. The van der Waals surface area contributed by atoms with Gasteiger partial charge >= 0.3 is 0 Å². The molecule has 374 valence electrons. The number of aromatic nitrogens is 5. The molecule has 0 saturated heterocycles. The van der Waals surface area contributed by atoms with Gasteiger partial charge in [0.15, 0.2) is 5.96 Å². The van der Waals surface area contributed by atoms with Crippen LogP contribution in [0.2, 0.25) is 0 Å². The first-order chi connectivity index (χ1) is 32.7. The van der Waals surface area contributed by atoms with Gasteiger partial charge in [-0.1, -0.05) is 18.2 Å². The van der Waals surface area contributed by atoms with E-state index in [2.05, 4.69) is 61.8 Å². The number of benzene rings is 1. The highest BCUT2D eigenvalue weighted by atomic mass is 16.3. The number of carbonyl (C=O) groups is 8. The van der Waals surface area contributed by atoms with Crippen molar-refractivity contribution in [1.82, 2.24) is 56.8 Å². The van der Waals surface area contributed by atoms with E-state index in [9.17, 15) is 48.6 Å². The number of nitrogens with zero attached hydrogens (tertiary/aromatic N) is 3. The smallest absolute Gasteiger partial charge is 0.243 e. The second-order valence-corrected chi connectivity index (χ2v) is 16.3. The van der Waals surface area contributed by atoms with Crippen molar-refractivity contribution in [3.05, 3.63) is 72.5 Å². The number of nitrogens with two attached hydrogens (primary N) is 5. The summed E-state index contributed by atoms with van der Waals surface area (Å²) >= 11 is 0. The van der Waals surface area contributed by atoms with Gasteiger partial charge in [0.25, 0.3) is 0 Å². The van der Waals surface area contributed by atoms with Crippen LogP contribution >= 0.6 is 0 Å². The van der Waals surface area contributed by atoms with E-state index in [1.165, 1.54) is 38.9 Å². The number of fused-ring (bicyclic) bond motifs is 1. The van der Waals surface area contributed by atoms with Crippen molar-refractivity contribution in [3.63, 3.8) is 0 Å². The van der Waals surface area contributed by atoms with Crippen LogP contribution in [0, 0.1) is 0 Å². The van der Waals surface area contributed by atoms with E-state index in [-0.39, 0.29) is 51.0 Å². The number of carbonyl (C=O) groups excluding carboxylic acids is 8. The molecule has 9 atom stereocenters. The molecule has 0 spiro atoms. The number of hydrogen-bond donors (Lipinski definition) is 16. The van der Waals surface area contributed by atoms with Crippen LogP contribution in [0.4, 0.5) is 0 Å². The van der Waals surface area contributed by atoms with Crippen molar-refractivity contribution in [2.24, 2.45) is 33.7 Å². The fourth-order valence-corrected chi connectivity index (χ4v) is 6.97. The fourth-order valence-electron chi connectivity index (χ4n) is 6.97. The monoisotopic (exact) mass is 963 g/mol. The normalized spacial score (nSPS) is 15.1. The Balaban J connectivity index is 1.64. The van der Waals surface area contributed by atoms with Gasteiger partial charge in [-0.2, -0.15) is 0 Å². The van der Waals surface area contributed by atoms with E-state index in [1.807, 2.05) is 0 Å². The quantitative estimate of drug-likeness (QED) is 0.0143. The number of para-hydroxylation sites is 1. The van der Waals surface area contributed by atoms with Gasteiger partial charge in [-0.05, 0) is 44.7 Å². The van der Waals surface area contributed by atoms with Crippen LogP contribution in [-0.2, 0) is 57.6 Å². The van der Waals surface area contributed by atoms with Crippen molar-refractivity contribution in [2.45, 2.75) is 113 Å². The molecule has 0 fully saturated rings. The van der Waals surface area contributed by atoms with Gasteiger partial charge < -0.3 is 85.7 Å². The molecule has 1 aromatic carbocycles. The number of amides is 8. The van der Waals surface area contributed by atoms with E-state index in [1.54, 1.807) is 30.5 Å². The third-order valence-electron chi connectivity index (χ3n) is 10.8. The molecule has 4 rings (SSSR count). The molecule has 21 N–H and O–H groups in total. The first-order valence-electron chi connectivity index (χ1n) is 21.8. The minimum atomic E-state index is -1.58. The van der Waals surface area contributed by atoms with Crippen LogP contribution in [0.1, 0.15) is 56.5 Å². The second-order valence-electron chi connectivity index (χ2n) is 16.3. The summed E-state index contributed by atoms with van der Waals surface area (Å²) in [7, 11) is 0. The summed E-state index contributed by atoms with van der Waals surface area (Å²) < 4.78 is 0. The van der Waals surface area contributed by atoms with Gasteiger partial charge in [-0.25, -0.2) is 9.97 Å². The Morgan fingerprint density at radius 2 is 1.13 bits per heavy atom. The Morgan fingerprint density at radius 3 is 1.62 bits per heavy atom. The Morgan fingerprint density at radius 1 is 0.638 bits per heavy atom. The lowest BCUT2D eigenvalue weighted by molar-refractivity contribution is -0.136. The van der Waals surface area contributed by atoms with Crippen molar-refractivity contribution < 1.29 is 48.6 Å². The molecule has 69 heavy (non-hydrogen) atoms. The Labute approximate surface area is 394 Å². The molecular formula is C42H61N17O10. The van der Waals surface area contributed by atoms with Crippen molar-refractivity contribution in [2.75, 3.05) is 6.54 Å². The van der Waals surface area contributed by atoms with Gasteiger partial charge in [0, 0.05) is 73.1 Å². The first kappa shape index (κ1) is 53.7. The molecule has 0 unspecified atom stereocenters. The lowest BCUT2D eigenvalue weighted by atomic mass is 10.0. The molecule has 0 aliphatic rings. The zero-order chi connectivity index (χ0) is 50.8. The highest BCUT2D eigenvalue weighted by Crippen LogP contribution is 2.20. The molecular weight excluding hydrogens is 903 g/mol. The molecule has 27 heteroatoms. The molecule has 27 nitrogen and oxygen atoms in total. The lowest BCUT2D eigenvalue weighted by Crippen LogP contribution is -2.61. The van der Waals surface area contributed by atoms with Crippen LogP contribution < -0.4 is 60.6 Å². The number of imidazole rings is 2. The maximum atomic E-state index is 14.3. The molecule has 0 radical (unpaired) electrons. The molecule has 3 heterocycles. The predicted octanol–water partition coefficient (Wildman–Crippen LogP) is -5.56. The average Bonchev–Trinajstić information content (AvgIpc) is 4.10. The van der Waals surface area contributed by atoms with Crippen LogP contribution in [0.15, 0.2) is 60.5 Å². The Hall–Kier alpha value is -7.91. The number of aromatic amines is 3. The van der Waals surface area contributed by atoms with Gasteiger partial charge in [-0.15, -0.1) is 0 Å². The molecule has 3 aromatic heterocycles. The number of H-pyrrole nitrogens is 3. The molecule has 0 aliphatic carbocycles. The minimum Gasteiger partial charge on any atom is -0.391 e. The Bertz CT molecular complexity index is 2400. The summed E-state index contributed by atoms with van der Waals surface area (Å²) in [4.78, 5) is 128. The molecule has 8 amide bonds. The van der Waals surface area contributed by atoms with Crippen LogP contribution in [0.5, 0.6) is 0 Å². The summed E-state index contributed by atoms with van der Waals surface area (Å²) in [5.41, 5.74) is 29.8. The summed E-state index contributed by atoms with van der Waals surface area (Å²) in [6.45, 7) is 2.52. The summed E-state index contributed by atoms with van der Waals surface area (Å²) in [5.74, 6) is -7.66. The maximum Gasteiger partial charge on any atom is 0.243 e. The topological polar surface area (TPSA) is 465 Å². The van der Waals surface area contributed by atoms with Gasteiger partial charge in [0.1, 0.15) is 42.3 Å². The van der Waals surface area contributed by atoms with Crippen LogP contribution in [0.25, 0.3) is 10.9 Å². The number of aliphatic hydroxyl groups excluding tert-OH is 2. The molecule has 4 aromatic rings. The summed E-state index contributed by atoms with van der Waals surface area (Å²) in [6, 6.07) is -3.20. The zero-order valence-electron chi connectivity index (χ0n) is 37.9. The van der Waals surface area contributed by atoms with Gasteiger partial charge in [0.2, 0.25) is 47.3 Å². The highest BCUT2D eigenvalue weighted by Gasteiger charge is 2.35. The van der Waals surface area contributed by atoms with Crippen LogP contribution in [0.3, 0.4) is 0 Å². The molecule has 0 bridgehead atoms. The third-order valence-corrected chi connectivity index (χ3v) is 10.8. The van der Waals surface area contributed by atoms with E-state index in [0.717, 1.165) is 0 Å². The van der Waals surface area contributed by atoms with Crippen molar-refractivity contribution in [1.29, 1.82) is 0 Å². The molecule has 0 saturated carbocycles. The van der Waals surface area contributed by atoms with E-state index < -0.39 is 108 Å².